The number of benzene rings is 1. The number of carbonyl (C=O) groups is 1. The SMILES string of the molecule is CCOP(=O)(/C=C/c1ccc(OC)cc1)SCCNC(C)=O. The largest absolute Gasteiger partial charge is 0.497 e. The molecule has 0 spiro atoms. The second-order valence-electron chi connectivity index (χ2n) is 4.36. The Bertz CT molecular complexity index is 545. The predicted octanol–water partition coefficient (Wildman–Crippen LogP) is 3.76. The number of methoxy groups -OCH3 is 1. The Kier molecular flexibility index (Phi) is 8.31. The van der Waals surface area contributed by atoms with Gasteiger partial charge in [-0.25, -0.2) is 0 Å². The van der Waals surface area contributed by atoms with Crippen LogP contribution >= 0.6 is 18.0 Å². The summed E-state index contributed by atoms with van der Waals surface area (Å²) in [4.78, 5) is 10.8. The van der Waals surface area contributed by atoms with Gasteiger partial charge in [-0.2, -0.15) is 0 Å². The van der Waals surface area contributed by atoms with Gasteiger partial charge in [0.2, 0.25) is 5.91 Å². The predicted molar refractivity (Wildman–Crippen MR) is 92.4 cm³/mol. The van der Waals surface area contributed by atoms with E-state index < -0.39 is 6.57 Å². The van der Waals surface area contributed by atoms with Gasteiger partial charge in [0.1, 0.15) is 5.75 Å². The first-order valence-corrected chi connectivity index (χ1v) is 10.2. The van der Waals surface area contributed by atoms with Crippen molar-refractivity contribution in [2.75, 3.05) is 26.0 Å². The Labute approximate surface area is 135 Å². The maximum absolute atomic E-state index is 12.7. The Morgan fingerprint density at radius 2 is 2.05 bits per heavy atom. The highest BCUT2D eigenvalue weighted by Crippen LogP contribution is 2.61. The van der Waals surface area contributed by atoms with Crippen LogP contribution in [0.4, 0.5) is 0 Å². The molecule has 122 valence electrons. The molecule has 0 bridgehead atoms. The minimum absolute atomic E-state index is 0.0967. The van der Waals surface area contributed by atoms with Crippen molar-refractivity contribution >= 4 is 29.9 Å². The van der Waals surface area contributed by atoms with E-state index in [1.54, 1.807) is 19.0 Å². The Hall–Kier alpha value is -1.23. The topological polar surface area (TPSA) is 64.6 Å². The lowest BCUT2D eigenvalue weighted by Crippen LogP contribution is -2.22. The highest BCUT2D eigenvalue weighted by molar-refractivity contribution is 8.57. The molecule has 0 aromatic heterocycles. The van der Waals surface area contributed by atoms with E-state index in [2.05, 4.69) is 5.32 Å². The molecule has 0 saturated carbocycles. The highest BCUT2D eigenvalue weighted by Gasteiger charge is 2.19. The smallest absolute Gasteiger partial charge is 0.280 e. The van der Waals surface area contributed by atoms with E-state index in [4.69, 9.17) is 9.26 Å². The molecule has 1 unspecified atom stereocenters. The van der Waals surface area contributed by atoms with Crippen molar-refractivity contribution in [1.29, 1.82) is 0 Å². The van der Waals surface area contributed by atoms with Crippen molar-refractivity contribution in [3.8, 4) is 5.75 Å². The zero-order chi connectivity index (χ0) is 16.4. The van der Waals surface area contributed by atoms with Crippen LogP contribution in [0, 0.1) is 0 Å². The number of amides is 1. The van der Waals surface area contributed by atoms with Crippen LogP contribution in [0.25, 0.3) is 6.08 Å². The first-order valence-electron chi connectivity index (χ1n) is 6.95. The molecule has 1 rings (SSSR count). The number of ether oxygens (including phenoxy) is 1. The van der Waals surface area contributed by atoms with Gasteiger partial charge in [0, 0.05) is 25.0 Å². The minimum atomic E-state index is -2.91. The normalized spacial score (nSPS) is 13.8. The number of hydrogen-bond acceptors (Lipinski definition) is 5. The van der Waals surface area contributed by atoms with Crippen LogP contribution in [-0.2, 0) is 13.9 Å². The van der Waals surface area contributed by atoms with Gasteiger partial charge < -0.3 is 14.6 Å². The van der Waals surface area contributed by atoms with Gasteiger partial charge in [-0.3, -0.25) is 9.36 Å². The monoisotopic (exact) mass is 343 g/mol. The van der Waals surface area contributed by atoms with E-state index in [-0.39, 0.29) is 5.91 Å². The molecule has 1 atom stereocenters. The average molecular weight is 343 g/mol. The molecule has 22 heavy (non-hydrogen) atoms. The standard InChI is InChI=1S/C15H22NO4PS/c1-4-20-21(18,22-12-10-16-13(2)17)11-9-14-5-7-15(19-3)8-6-14/h5-9,11H,4,10,12H2,1-3H3,(H,16,17)/b11-9+. The van der Waals surface area contributed by atoms with Gasteiger partial charge in [0.05, 0.1) is 13.7 Å². The highest BCUT2D eigenvalue weighted by atomic mass is 32.7. The lowest BCUT2D eigenvalue weighted by Gasteiger charge is -2.13. The minimum Gasteiger partial charge on any atom is -0.497 e. The molecular weight excluding hydrogens is 321 g/mol. The van der Waals surface area contributed by atoms with E-state index in [1.165, 1.54) is 18.3 Å². The third-order valence-electron chi connectivity index (χ3n) is 2.62. The zero-order valence-electron chi connectivity index (χ0n) is 13.1. The summed E-state index contributed by atoms with van der Waals surface area (Å²) < 4.78 is 23.2. The summed E-state index contributed by atoms with van der Waals surface area (Å²) in [6, 6.07) is 7.45. The molecule has 1 aromatic carbocycles. The lowest BCUT2D eigenvalue weighted by atomic mass is 10.2. The van der Waals surface area contributed by atoms with E-state index in [9.17, 15) is 9.36 Å². The Morgan fingerprint density at radius 1 is 1.36 bits per heavy atom. The van der Waals surface area contributed by atoms with Crippen LogP contribution < -0.4 is 10.1 Å². The van der Waals surface area contributed by atoms with Gasteiger partial charge in [-0.05, 0) is 30.7 Å². The summed E-state index contributed by atoms with van der Waals surface area (Å²) in [5.41, 5.74) is 0.920. The zero-order valence-corrected chi connectivity index (χ0v) is 14.8. The van der Waals surface area contributed by atoms with Gasteiger partial charge in [-0.15, -0.1) is 0 Å². The maximum atomic E-state index is 12.7. The summed E-state index contributed by atoms with van der Waals surface area (Å²) in [5, 5.41) is 2.67. The molecule has 1 aromatic rings. The molecule has 5 nitrogen and oxygen atoms in total. The van der Waals surface area contributed by atoms with E-state index in [0.717, 1.165) is 11.3 Å². The van der Waals surface area contributed by atoms with Crippen LogP contribution in [0.5, 0.6) is 5.75 Å². The summed E-state index contributed by atoms with van der Waals surface area (Å²) in [6.45, 7) is 1.19. The van der Waals surface area contributed by atoms with E-state index in [1.807, 2.05) is 31.2 Å². The van der Waals surface area contributed by atoms with Crippen molar-refractivity contribution in [2.24, 2.45) is 0 Å². The summed E-state index contributed by atoms with van der Waals surface area (Å²) in [7, 11) is 1.61. The van der Waals surface area contributed by atoms with Gasteiger partial charge in [-0.1, -0.05) is 23.5 Å². The average Bonchev–Trinajstić information content (AvgIpc) is 2.50. The van der Waals surface area contributed by atoms with Crippen LogP contribution in [0.2, 0.25) is 0 Å². The number of carbonyl (C=O) groups excluding carboxylic acids is 1. The molecule has 0 aliphatic heterocycles. The molecule has 7 heteroatoms. The first-order chi connectivity index (χ1) is 10.5. The van der Waals surface area contributed by atoms with Crippen LogP contribution in [0.1, 0.15) is 19.4 Å². The van der Waals surface area contributed by atoms with E-state index in [0.29, 0.717) is 18.9 Å². The Balaban J connectivity index is 2.65. The van der Waals surface area contributed by atoms with Gasteiger partial charge in [0.15, 0.2) is 0 Å². The number of rotatable bonds is 9. The Morgan fingerprint density at radius 3 is 2.59 bits per heavy atom. The van der Waals surface area contributed by atoms with Crippen molar-refractivity contribution in [1.82, 2.24) is 5.32 Å². The van der Waals surface area contributed by atoms with Crippen LogP contribution in [0.15, 0.2) is 30.1 Å². The summed E-state index contributed by atoms with van der Waals surface area (Å²) in [5.74, 6) is 2.82. The molecule has 0 aliphatic rings. The molecule has 0 radical (unpaired) electrons. The van der Waals surface area contributed by atoms with Gasteiger partial charge >= 0.3 is 0 Å². The lowest BCUT2D eigenvalue weighted by molar-refractivity contribution is -0.118. The molecule has 0 heterocycles. The molecular formula is C15H22NO4PS. The van der Waals surface area contributed by atoms with Crippen molar-refractivity contribution in [3.63, 3.8) is 0 Å². The van der Waals surface area contributed by atoms with Crippen molar-refractivity contribution < 1.29 is 18.6 Å². The molecule has 0 fully saturated rings. The molecule has 0 aliphatic carbocycles. The summed E-state index contributed by atoms with van der Waals surface area (Å²) >= 11 is 1.22. The first kappa shape index (κ1) is 18.8. The van der Waals surface area contributed by atoms with Crippen molar-refractivity contribution in [2.45, 2.75) is 13.8 Å². The molecule has 1 N–H and O–H groups in total. The van der Waals surface area contributed by atoms with Crippen LogP contribution in [-0.4, -0.2) is 31.9 Å². The second kappa shape index (κ2) is 9.72. The van der Waals surface area contributed by atoms with Gasteiger partial charge in [0.25, 0.3) is 6.57 Å². The number of nitrogens with one attached hydrogen (secondary N) is 1. The molecule has 1 amide bonds. The van der Waals surface area contributed by atoms with E-state index >= 15 is 0 Å². The second-order valence-corrected chi connectivity index (χ2v) is 8.97. The van der Waals surface area contributed by atoms with Crippen LogP contribution in [0.3, 0.4) is 0 Å². The summed E-state index contributed by atoms with van der Waals surface area (Å²) in [6.07, 6.45) is 1.78. The quantitative estimate of drug-likeness (QED) is 0.546. The number of hydrogen-bond donors (Lipinski definition) is 1. The third kappa shape index (κ3) is 7.16. The third-order valence-corrected chi connectivity index (χ3v) is 6.81. The molecule has 0 saturated heterocycles. The fraction of sp³-hybridized carbons (Fsp3) is 0.400. The van der Waals surface area contributed by atoms with Crippen molar-refractivity contribution in [3.05, 3.63) is 35.6 Å². The fourth-order valence-electron chi connectivity index (χ4n) is 1.60. The maximum Gasteiger partial charge on any atom is 0.280 e. The fourth-order valence-corrected chi connectivity index (χ4v) is 5.02.